The van der Waals surface area contributed by atoms with Gasteiger partial charge >= 0.3 is 0 Å². The number of amides is 1. The molecule has 0 aliphatic rings. The van der Waals surface area contributed by atoms with Crippen LogP contribution in [0.4, 0.5) is 14.5 Å². The highest BCUT2D eigenvalue weighted by atomic mass is 19.3. The summed E-state index contributed by atoms with van der Waals surface area (Å²) in [5, 5.41) is 2.54. The highest BCUT2D eigenvalue weighted by Crippen LogP contribution is 2.17. The number of anilines is 1. The largest absolute Gasteiger partial charge is 0.319 e. The molecule has 9 heteroatoms. The van der Waals surface area contributed by atoms with Crippen LogP contribution in [0.5, 0.6) is 0 Å². The molecule has 0 fully saturated rings. The minimum Gasteiger partial charge on any atom is -0.319 e. The molecule has 0 aliphatic heterocycles. The van der Waals surface area contributed by atoms with Gasteiger partial charge in [-0.1, -0.05) is 0 Å². The smallest absolute Gasteiger partial charge is 0.280 e. The number of carbonyl (C=O) groups is 1. The van der Waals surface area contributed by atoms with Crippen molar-refractivity contribution < 1.29 is 13.6 Å². The number of aromatic nitrogens is 5. The Bertz CT molecular complexity index is 804. The predicted octanol–water partition coefficient (Wildman–Crippen LogP) is 2.25. The highest BCUT2D eigenvalue weighted by Gasteiger charge is 2.12. The Morgan fingerprint density at radius 3 is 2.70 bits per heavy atom. The van der Waals surface area contributed by atoms with Gasteiger partial charge in [0.05, 0.1) is 11.9 Å². The van der Waals surface area contributed by atoms with Gasteiger partial charge in [0, 0.05) is 18.6 Å². The van der Waals surface area contributed by atoms with Crippen molar-refractivity contribution in [2.75, 3.05) is 5.32 Å². The van der Waals surface area contributed by atoms with Gasteiger partial charge in [0.15, 0.2) is 0 Å². The number of alkyl halides is 2. The van der Waals surface area contributed by atoms with Crippen molar-refractivity contribution in [2.45, 2.75) is 6.43 Å². The Morgan fingerprint density at radius 2 is 2.04 bits per heavy atom. The van der Waals surface area contributed by atoms with Crippen LogP contribution in [0.1, 0.15) is 22.6 Å². The number of carbonyl (C=O) groups excluding carboxylic acids is 1. The van der Waals surface area contributed by atoms with E-state index < -0.39 is 12.3 Å². The lowest BCUT2D eigenvalue weighted by atomic mass is 10.3. The first kappa shape index (κ1) is 14.7. The van der Waals surface area contributed by atoms with E-state index in [2.05, 4.69) is 25.3 Å². The van der Waals surface area contributed by atoms with Crippen molar-refractivity contribution in [1.29, 1.82) is 0 Å². The van der Waals surface area contributed by atoms with Gasteiger partial charge in [-0.3, -0.25) is 14.3 Å². The molecule has 0 saturated carbocycles. The van der Waals surface area contributed by atoms with E-state index in [4.69, 9.17) is 0 Å². The maximum Gasteiger partial charge on any atom is 0.280 e. The highest BCUT2D eigenvalue weighted by molar-refractivity contribution is 6.02. The second-order valence-corrected chi connectivity index (χ2v) is 4.44. The standard InChI is InChI=1S/C14H10F2N6O/c15-12(16)10-2-1-9(7-19-10)20-13(23)11-3-4-18-14(21-11)22-6-5-17-8-22/h1-8,12H,(H,20,23). The van der Waals surface area contributed by atoms with Gasteiger partial charge < -0.3 is 5.32 Å². The third-order valence-electron chi connectivity index (χ3n) is 2.88. The van der Waals surface area contributed by atoms with Crippen molar-refractivity contribution in [1.82, 2.24) is 24.5 Å². The number of imidazole rings is 1. The molecule has 1 amide bonds. The minimum absolute atomic E-state index is 0.127. The summed E-state index contributed by atoms with van der Waals surface area (Å²) in [6.07, 6.45) is 4.66. The number of hydrogen-bond acceptors (Lipinski definition) is 5. The molecule has 7 nitrogen and oxygen atoms in total. The summed E-state index contributed by atoms with van der Waals surface area (Å²) in [5.74, 6) is -0.207. The topological polar surface area (TPSA) is 85.6 Å². The quantitative estimate of drug-likeness (QED) is 0.798. The average molecular weight is 316 g/mol. The predicted molar refractivity (Wildman–Crippen MR) is 76.3 cm³/mol. The van der Waals surface area contributed by atoms with Crippen molar-refractivity contribution in [3.8, 4) is 5.95 Å². The van der Waals surface area contributed by atoms with Gasteiger partial charge in [-0.15, -0.1) is 0 Å². The van der Waals surface area contributed by atoms with E-state index in [-0.39, 0.29) is 11.4 Å². The lowest BCUT2D eigenvalue weighted by Crippen LogP contribution is -2.15. The summed E-state index contributed by atoms with van der Waals surface area (Å²) in [5.41, 5.74) is 0.0660. The summed E-state index contributed by atoms with van der Waals surface area (Å²) in [4.78, 5) is 27.8. The zero-order valence-electron chi connectivity index (χ0n) is 11.6. The molecule has 0 aromatic carbocycles. The summed E-state index contributed by atoms with van der Waals surface area (Å²) in [7, 11) is 0. The second kappa shape index (κ2) is 6.26. The van der Waals surface area contributed by atoms with Crippen molar-refractivity contribution >= 4 is 11.6 Å². The molecule has 0 radical (unpaired) electrons. The molecule has 0 aliphatic carbocycles. The zero-order valence-corrected chi connectivity index (χ0v) is 11.6. The second-order valence-electron chi connectivity index (χ2n) is 4.44. The van der Waals surface area contributed by atoms with Crippen molar-refractivity contribution in [2.24, 2.45) is 0 Å². The van der Waals surface area contributed by atoms with Crippen LogP contribution < -0.4 is 5.32 Å². The van der Waals surface area contributed by atoms with E-state index in [1.54, 1.807) is 17.0 Å². The van der Waals surface area contributed by atoms with Crippen LogP contribution in [-0.2, 0) is 0 Å². The van der Waals surface area contributed by atoms with E-state index in [9.17, 15) is 13.6 Å². The maximum absolute atomic E-state index is 12.4. The van der Waals surface area contributed by atoms with E-state index in [0.29, 0.717) is 11.6 Å². The fourth-order valence-corrected chi connectivity index (χ4v) is 1.78. The first-order valence-electron chi connectivity index (χ1n) is 6.50. The van der Waals surface area contributed by atoms with Crippen LogP contribution >= 0.6 is 0 Å². The Labute approximate surface area is 129 Å². The van der Waals surface area contributed by atoms with Gasteiger partial charge in [-0.25, -0.2) is 23.7 Å². The monoisotopic (exact) mass is 316 g/mol. The Kier molecular flexibility index (Phi) is 4.00. The SMILES string of the molecule is O=C(Nc1ccc(C(F)F)nc1)c1ccnc(-n2ccnc2)n1. The molecular weight excluding hydrogens is 306 g/mol. The first-order valence-corrected chi connectivity index (χ1v) is 6.50. The molecule has 0 atom stereocenters. The lowest BCUT2D eigenvalue weighted by Gasteiger charge is -2.06. The fraction of sp³-hybridized carbons (Fsp3) is 0.0714. The minimum atomic E-state index is -2.65. The molecule has 0 saturated heterocycles. The van der Waals surface area contributed by atoms with E-state index in [1.807, 2.05) is 0 Å². The molecule has 3 heterocycles. The van der Waals surface area contributed by atoms with E-state index in [1.165, 1.54) is 24.7 Å². The molecule has 3 aromatic rings. The molecule has 3 aromatic heterocycles. The van der Waals surface area contributed by atoms with Crippen LogP contribution in [0.25, 0.3) is 5.95 Å². The summed E-state index contributed by atoms with van der Waals surface area (Å²) in [6.45, 7) is 0. The van der Waals surface area contributed by atoms with Gasteiger partial charge in [-0.2, -0.15) is 0 Å². The van der Waals surface area contributed by atoms with Crippen LogP contribution in [0.2, 0.25) is 0 Å². The summed E-state index contributed by atoms with van der Waals surface area (Å²) >= 11 is 0. The van der Waals surface area contributed by atoms with E-state index >= 15 is 0 Å². The van der Waals surface area contributed by atoms with E-state index in [0.717, 1.165) is 12.3 Å². The normalized spacial score (nSPS) is 10.7. The van der Waals surface area contributed by atoms with Crippen LogP contribution in [0.15, 0.2) is 49.3 Å². The number of halogens is 2. The molecule has 116 valence electrons. The van der Waals surface area contributed by atoms with Crippen molar-refractivity contribution in [3.63, 3.8) is 0 Å². The number of hydrogen-bond donors (Lipinski definition) is 1. The number of nitrogens with zero attached hydrogens (tertiary/aromatic N) is 5. The molecule has 23 heavy (non-hydrogen) atoms. The molecule has 0 unspecified atom stereocenters. The summed E-state index contributed by atoms with van der Waals surface area (Å²) in [6, 6.07) is 3.94. The molecule has 1 N–H and O–H groups in total. The third-order valence-corrected chi connectivity index (χ3v) is 2.88. The Balaban J connectivity index is 1.77. The average Bonchev–Trinajstić information content (AvgIpc) is 3.10. The summed E-state index contributed by atoms with van der Waals surface area (Å²) < 4.78 is 26.4. The van der Waals surface area contributed by atoms with Crippen LogP contribution in [0, 0.1) is 0 Å². The zero-order chi connectivity index (χ0) is 16.2. The van der Waals surface area contributed by atoms with Gasteiger partial charge in [0.1, 0.15) is 17.7 Å². The fourth-order valence-electron chi connectivity index (χ4n) is 1.78. The number of nitrogens with one attached hydrogen (secondary N) is 1. The first-order chi connectivity index (χ1) is 11.1. The maximum atomic E-state index is 12.4. The van der Waals surface area contributed by atoms with Gasteiger partial charge in [0.2, 0.25) is 5.95 Å². The number of pyridine rings is 1. The molecule has 3 rings (SSSR count). The lowest BCUT2D eigenvalue weighted by molar-refractivity contribution is 0.102. The molecule has 0 spiro atoms. The molecular formula is C14H10F2N6O. The Hall–Kier alpha value is -3.23. The van der Waals surface area contributed by atoms with Gasteiger partial charge in [0.25, 0.3) is 12.3 Å². The van der Waals surface area contributed by atoms with Crippen LogP contribution in [0.3, 0.4) is 0 Å². The third kappa shape index (κ3) is 3.34. The van der Waals surface area contributed by atoms with Crippen molar-refractivity contribution in [3.05, 3.63) is 60.7 Å². The van der Waals surface area contributed by atoms with Crippen LogP contribution in [-0.4, -0.2) is 30.4 Å². The Morgan fingerprint density at radius 1 is 1.17 bits per heavy atom. The molecule has 0 bridgehead atoms. The van der Waals surface area contributed by atoms with Gasteiger partial charge in [-0.05, 0) is 18.2 Å². The number of rotatable bonds is 4.